The quantitative estimate of drug-likeness (QED) is 0.805. The van der Waals surface area contributed by atoms with Gasteiger partial charge in [-0.05, 0) is 42.8 Å². The van der Waals surface area contributed by atoms with Crippen LogP contribution in [-0.4, -0.2) is 17.8 Å². The molecule has 27 heavy (non-hydrogen) atoms. The van der Waals surface area contributed by atoms with E-state index in [1.54, 1.807) is 12.1 Å². The summed E-state index contributed by atoms with van der Waals surface area (Å²) >= 11 is 0. The molecule has 6 nitrogen and oxygen atoms in total. The van der Waals surface area contributed by atoms with Gasteiger partial charge in [-0.2, -0.15) is 13.2 Å². The number of para-hydroxylation sites is 2. The van der Waals surface area contributed by atoms with Gasteiger partial charge < -0.3 is 20.5 Å². The molecule has 2 aromatic carbocycles. The van der Waals surface area contributed by atoms with Crippen molar-refractivity contribution in [3.05, 3.63) is 59.7 Å². The molecule has 2 rings (SSSR count). The van der Waals surface area contributed by atoms with Crippen molar-refractivity contribution < 1.29 is 32.7 Å². The Bertz CT molecular complexity index is 848. The molecule has 0 bridgehead atoms. The lowest BCUT2D eigenvalue weighted by Crippen LogP contribution is -2.24. The molecule has 0 aromatic heterocycles. The van der Waals surface area contributed by atoms with E-state index < -0.39 is 35.9 Å². The monoisotopic (exact) mass is 379 g/mol. The van der Waals surface area contributed by atoms with Gasteiger partial charge in [0.15, 0.2) is 0 Å². The highest BCUT2D eigenvalue weighted by molar-refractivity contribution is 6.07. The number of rotatable bonds is 6. The number of benzene rings is 2. The van der Waals surface area contributed by atoms with E-state index in [9.17, 15) is 32.7 Å². The molecule has 2 N–H and O–H groups in total. The molecule has 0 spiro atoms. The average Bonchev–Trinajstić information content (AvgIpc) is 2.61. The standard InChI is InChI=1S/C18H15F3N2O4/c19-18(20,21)12-7-5-11(6-8-12)17(27)23-14-4-2-1-3-13(14)22-15(24)9-10-16(25)26/h1-8H,9-10H2,(H,22,24)(H,23,27)(H,25,26)/p-1. The Balaban J connectivity index is 2.09. The summed E-state index contributed by atoms with van der Waals surface area (Å²) in [5, 5.41) is 15.3. The summed E-state index contributed by atoms with van der Waals surface area (Å²) in [5.74, 6) is -2.62. The van der Waals surface area contributed by atoms with Crippen LogP contribution in [0.4, 0.5) is 24.5 Å². The minimum Gasteiger partial charge on any atom is -0.550 e. The fourth-order valence-corrected chi connectivity index (χ4v) is 2.13. The second-order valence-electron chi connectivity index (χ2n) is 5.50. The van der Waals surface area contributed by atoms with Crippen LogP contribution in [0.3, 0.4) is 0 Å². The fraction of sp³-hybridized carbons (Fsp3) is 0.167. The number of carboxylic acid groups (broad SMARTS) is 1. The topological polar surface area (TPSA) is 98.3 Å². The molecule has 0 unspecified atom stereocenters. The molecular weight excluding hydrogens is 365 g/mol. The van der Waals surface area contributed by atoms with Crippen LogP contribution in [0.5, 0.6) is 0 Å². The molecule has 0 atom stereocenters. The second kappa shape index (κ2) is 8.35. The fourth-order valence-electron chi connectivity index (χ4n) is 2.13. The molecule has 0 fully saturated rings. The summed E-state index contributed by atoms with van der Waals surface area (Å²) in [7, 11) is 0. The summed E-state index contributed by atoms with van der Waals surface area (Å²) in [5.41, 5.74) is -0.439. The zero-order chi connectivity index (χ0) is 20.0. The molecule has 0 saturated carbocycles. The average molecular weight is 379 g/mol. The van der Waals surface area contributed by atoms with Crippen molar-refractivity contribution in [1.29, 1.82) is 0 Å². The predicted molar refractivity (Wildman–Crippen MR) is 88.7 cm³/mol. The van der Waals surface area contributed by atoms with E-state index in [-0.39, 0.29) is 23.4 Å². The van der Waals surface area contributed by atoms with E-state index in [0.717, 1.165) is 24.3 Å². The number of nitrogens with one attached hydrogen (secondary N) is 2. The highest BCUT2D eigenvalue weighted by Crippen LogP contribution is 2.29. The van der Waals surface area contributed by atoms with Gasteiger partial charge >= 0.3 is 6.18 Å². The lowest BCUT2D eigenvalue weighted by molar-refractivity contribution is -0.305. The molecule has 0 aliphatic heterocycles. The second-order valence-corrected chi connectivity index (χ2v) is 5.50. The molecular formula is C18H14F3N2O4-. The van der Waals surface area contributed by atoms with Crippen LogP contribution < -0.4 is 15.7 Å². The van der Waals surface area contributed by atoms with Crippen LogP contribution in [0.1, 0.15) is 28.8 Å². The summed E-state index contributed by atoms with van der Waals surface area (Å²) < 4.78 is 37.7. The Kier molecular flexibility index (Phi) is 6.17. The molecule has 9 heteroatoms. The van der Waals surface area contributed by atoms with Crippen LogP contribution in [0, 0.1) is 0 Å². The van der Waals surface area contributed by atoms with Crippen molar-refractivity contribution >= 4 is 29.2 Å². The maximum Gasteiger partial charge on any atom is 0.416 e. The zero-order valence-electron chi connectivity index (χ0n) is 13.8. The largest absolute Gasteiger partial charge is 0.550 e. The first-order valence-corrected chi connectivity index (χ1v) is 7.74. The number of hydrogen-bond donors (Lipinski definition) is 2. The third-order valence-electron chi connectivity index (χ3n) is 3.48. The van der Waals surface area contributed by atoms with Crippen molar-refractivity contribution in [1.82, 2.24) is 0 Å². The molecule has 0 aliphatic carbocycles. The molecule has 0 radical (unpaired) electrons. The number of carbonyl (C=O) groups excluding carboxylic acids is 3. The number of amides is 2. The van der Waals surface area contributed by atoms with Crippen molar-refractivity contribution in [2.75, 3.05) is 10.6 Å². The van der Waals surface area contributed by atoms with E-state index in [2.05, 4.69) is 10.6 Å². The van der Waals surface area contributed by atoms with Crippen LogP contribution in [0.25, 0.3) is 0 Å². The van der Waals surface area contributed by atoms with E-state index in [1.165, 1.54) is 12.1 Å². The first-order chi connectivity index (χ1) is 12.7. The number of alkyl halides is 3. The van der Waals surface area contributed by atoms with Gasteiger partial charge in [-0.3, -0.25) is 9.59 Å². The Labute approximate surface area is 152 Å². The predicted octanol–water partition coefficient (Wildman–Crippen LogP) is 2.43. The van der Waals surface area contributed by atoms with Gasteiger partial charge in [0.1, 0.15) is 0 Å². The number of hydrogen-bond acceptors (Lipinski definition) is 4. The Hall–Kier alpha value is -3.36. The minimum atomic E-state index is -4.50. The zero-order valence-corrected chi connectivity index (χ0v) is 13.8. The smallest absolute Gasteiger partial charge is 0.416 e. The third kappa shape index (κ3) is 5.84. The van der Waals surface area contributed by atoms with E-state index in [4.69, 9.17) is 0 Å². The van der Waals surface area contributed by atoms with Crippen LogP contribution >= 0.6 is 0 Å². The third-order valence-corrected chi connectivity index (χ3v) is 3.48. The number of carboxylic acids is 1. The first kappa shape index (κ1) is 20.0. The van der Waals surface area contributed by atoms with Gasteiger partial charge in [-0.1, -0.05) is 12.1 Å². The Morgan fingerprint density at radius 1 is 0.852 bits per heavy atom. The molecule has 2 aromatic rings. The highest BCUT2D eigenvalue weighted by atomic mass is 19.4. The normalized spacial score (nSPS) is 10.9. The van der Waals surface area contributed by atoms with Gasteiger partial charge in [-0.25, -0.2) is 0 Å². The molecule has 0 heterocycles. The number of halogens is 3. The lowest BCUT2D eigenvalue weighted by Gasteiger charge is -2.13. The van der Waals surface area contributed by atoms with Crippen molar-refractivity contribution in [3.8, 4) is 0 Å². The van der Waals surface area contributed by atoms with Crippen molar-refractivity contribution in [2.45, 2.75) is 19.0 Å². The molecule has 0 saturated heterocycles. The molecule has 0 aliphatic rings. The number of carbonyl (C=O) groups is 3. The lowest BCUT2D eigenvalue weighted by atomic mass is 10.1. The summed E-state index contributed by atoms with van der Waals surface area (Å²) in [6.07, 6.45) is -5.26. The maximum atomic E-state index is 12.6. The van der Waals surface area contributed by atoms with Gasteiger partial charge in [0.2, 0.25) is 5.91 Å². The van der Waals surface area contributed by atoms with Crippen LogP contribution in [0.15, 0.2) is 48.5 Å². The summed E-state index contributed by atoms with van der Waals surface area (Å²) in [4.78, 5) is 34.4. The Morgan fingerprint density at radius 3 is 1.93 bits per heavy atom. The van der Waals surface area contributed by atoms with Gasteiger partial charge in [-0.15, -0.1) is 0 Å². The first-order valence-electron chi connectivity index (χ1n) is 7.74. The van der Waals surface area contributed by atoms with E-state index in [1.807, 2.05) is 0 Å². The van der Waals surface area contributed by atoms with Gasteiger partial charge in [0.05, 0.1) is 16.9 Å². The van der Waals surface area contributed by atoms with Gasteiger partial charge in [0.25, 0.3) is 5.91 Å². The number of aliphatic carboxylic acids is 1. The Morgan fingerprint density at radius 2 is 1.41 bits per heavy atom. The van der Waals surface area contributed by atoms with Crippen molar-refractivity contribution in [2.24, 2.45) is 0 Å². The summed E-state index contributed by atoms with van der Waals surface area (Å²) in [6, 6.07) is 9.81. The van der Waals surface area contributed by atoms with E-state index >= 15 is 0 Å². The highest BCUT2D eigenvalue weighted by Gasteiger charge is 2.30. The SMILES string of the molecule is O=C([O-])CCC(=O)Nc1ccccc1NC(=O)c1ccc(C(F)(F)F)cc1. The van der Waals surface area contributed by atoms with Crippen LogP contribution in [-0.2, 0) is 15.8 Å². The molecule has 142 valence electrons. The summed E-state index contributed by atoms with van der Waals surface area (Å²) in [6.45, 7) is 0. The minimum absolute atomic E-state index is 0.00100. The van der Waals surface area contributed by atoms with Gasteiger partial charge in [0, 0.05) is 18.0 Å². The van der Waals surface area contributed by atoms with E-state index in [0.29, 0.717) is 0 Å². The molecule has 2 amide bonds. The number of anilines is 2. The van der Waals surface area contributed by atoms with Crippen LogP contribution in [0.2, 0.25) is 0 Å². The van der Waals surface area contributed by atoms with Crippen molar-refractivity contribution in [3.63, 3.8) is 0 Å². The maximum absolute atomic E-state index is 12.6.